The summed E-state index contributed by atoms with van der Waals surface area (Å²) in [5.74, 6) is 0.931. The summed E-state index contributed by atoms with van der Waals surface area (Å²) in [7, 11) is 3.91. The molecule has 1 fully saturated rings. The van der Waals surface area contributed by atoms with Crippen molar-refractivity contribution < 1.29 is 4.74 Å². The fourth-order valence-electron chi connectivity index (χ4n) is 3.08. The molecule has 0 bridgehead atoms. The number of nitrogens with zero attached hydrogens (tertiary/aromatic N) is 1. The van der Waals surface area contributed by atoms with Gasteiger partial charge in [-0.05, 0) is 30.4 Å². The van der Waals surface area contributed by atoms with Crippen molar-refractivity contribution in [3.8, 4) is 5.75 Å². The Bertz CT molecular complexity index is 401. The van der Waals surface area contributed by atoms with Gasteiger partial charge in [-0.15, -0.1) is 0 Å². The van der Waals surface area contributed by atoms with Gasteiger partial charge in [0, 0.05) is 30.7 Å². The maximum absolute atomic E-state index is 5.31. The van der Waals surface area contributed by atoms with Crippen molar-refractivity contribution in [2.24, 2.45) is 5.41 Å². The van der Waals surface area contributed by atoms with Gasteiger partial charge in [0.05, 0.1) is 7.11 Å². The van der Waals surface area contributed by atoms with Gasteiger partial charge in [0.2, 0.25) is 0 Å². The number of anilines is 1. The second-order valence-corrected chi connectivity index (χ2v) is 6.31. The van der Waals surface area contributed by atoms with E-state index in [-0.39, 0.29) is 0 Å². The van der Waals surface area contributed by atoms with Crippen molar-refractivity contribution in [1.82, 2.24) is 0 Å². The number of halogens is 1. The zero-order chi connectivity index (χ0) is 13.7. The Morgan fingerprint density at radius 1 is 1.26 bits per heavy atom. The zero-order valence-electron chi connectivity index (χ0n) is 12.0. The molecule has 0 atom stereocenters. The van der Waals surface area contributed by atoms with Gasteiger partial charge in [-0.1, -0.05) is 41.3 Å². The normalized spacial score (nSPS) is 18.1. The molecule has 2 rings (SSSR count). The average Bonchev–Trinajstić information content (AvgIpc) is 2.48. The van der Waals surface area contributed by atoms with Crippen LogP contribution < -0.4 is 9.64 Å². The summed E-state index contributed by atoms with van der Waals surface area (Å²) < 4.78 is 5.31. The molecular weight excluding hydrogens is 302 g/mol. The van der Waals surface area contributed by atoms with Crippen molar-refractivity contribution in [1.29, 1.82) is 0 Å². The average molecular weight is 326 g/mol. The van der Waals surface area contributed by atoms with Crippen LogP contribution in [-0.2, 0) is 0 Å². The van der Waals surface area contributed by atoms with Crippen molar-refractivity contribution >= 4 is 21.6 Å². The number of ether oxygens (including phenoxy) is 1. The van der Waals surface area contributed by atoms with E-state index in [9.17, 15) is 0 Å². The Morgan fingerprint density at radius 2 is 2.00 bits per heavy atom. The fourth-order valence-corrected chi connectivity index (χ4v) is 3.82. The molecule has 0 radical (unpaired) electrons. The van der Waals surface area contributed by atoms with Crippen molar-refractivity contribution in [2.45, 2.75) is 32.1 Å². The second kappa shape index (κ2) is 6.65. The maximum Gasteiger partial charge on any atom is 0.120 e. The van der Waals surface area contributed by atoms with Crippen LogP contribution in [0.25, 0.3) is 0 Å². The summed E-state index contributed by atoms with van der Waals surface area (Å²) in [5.41, 5.74) is 1.68. The molecule has 1 aromatic rings. The fraction of sp³-hybridized carbons (Fsp3) is 0.625. The minimum absolute atomic E-state index is 0.441. The minimum atomic E-state index is 0.441. The van der Waals surface area contributed by atoms with Gasteiger partial charge >= 0.3 is 0 Å². The number of rotatable bonds is 5. The number of hydrogen-bond acceptors (Lipinski definition) is 2. The molecule has 2 nitrogen and oxygen atoms in total. The van der Waals surface area contributed by atoms with Crippen molar-refractivity contribution in [3.63, 3.8) is 0 Å². The molecule has 1 aromatic carbocycles. The maximum atomic E-state index is 5.31. The molecule has 0 N–H and O–H groups in total. The van der Waals surface area contributed by atoms with Crippen LogP contribution in [0.1, 0.15) is 32.1 Å². The zero-order valence-corrected chi connectivity index (χ0v) is 13.6. The van der Waals surface area contributed by atoms with Gasteiger partial charge in [-0.3, -0.25) is 0 Å². The Kier molecular flexibility index (Phi) is 5.14. The van der Waals surface area contributed by atoms with E-state index < -0.39 is 0 Å². The Balaban J connectivity index is 2.07. The van der Waals surface area contributed by atoms with E-state index in [1.54, 1.807) is 7.11 Å². The van der Waals surface area contributed by atoms with Crippen LogP contribution in [0.15, 0.2) is 24.3 Å². The molecule has 0 unspecified atom stereocenters. The van der Waals surface area contributed by atoms with E-state index in [1.165, 1.54) is 37.8 Å². The van der Waals surface area contributed by atoms with Gasteiger partial charge in [-0.2, -0.15) is 0 Å². The first-order valence-corrected chi connectivity index (χ1v) is 8.22. The van der Waals surface area contributed by atoms with Gasteiger partial charge < -0.3 is 9.64 Å². The second-order valence-electron chi connectivity index (χ2n) is 5.75. The third kappa shape index (κ3) is 3.65. The molecule has 0 spiro atoms. The summed E-state index contributed by atoms with van der Waals surface area (Å²) >= 11 is 3.75. The van der Waals surface area contributed by atoms with Crippen LogP contribution in [-0.4, -0.2) is 26.0 Å². The van der Waals surface area contributed by atoms with Gasteiger partial charge in [0.25, 0.3) is 0 Å². The third-order valence-electron chi connectivity index (χ3n) is 4.26. The standard InChI is InChI=1S/C16H24BrNO/c1-18(14-7-6-8-15(11-14)19-2)13-16(12-17)9-4-3-5-10-16/h6-8,11H,3-5,9-10,12-13H2,1-2H3. The van der Waals surface area contributed by atoms with Crippen LogP contribution in [0, 0.1) is 5.41 Å². The predicted molar refractivity (Wildman–Crippen MR) is 85.6 cm³/mol. The molecule has 1 saturated carbocycles. The monoisotopic (exact) mass is 325 g/mol. The molecule has 1 aliphatic rings. The quantitative estimate of drug-likeness (QED) is 0.740. The molecular formula is C16H24BrNO. The predicted octanol–water partition coefficient (Wildman–Crippen LogP) is 4.48. The Hall–Kier alpha value is -0.700. The summed E-state index contributed by atoms with van der Waals surface area (Å²) in [6.45, 7) is 1.12. The molecule has 0 aromatic heterocycles. The molecule has 0 heterocycles. The van der Waals surface area contributed by atoms with Crippen molar-refractivity contribution in [2.75, 3.05) is 30.9 Å². The van der Waals surface area contributed by atoms with Gasteiger partial charge in [-0.25, -0.2) is 0 Å². The molecule has 19 heavy (non-hydrogen) atoms. The van der Waals surface area contributed by atoms with Crippen LogP contribution in [0.3, 0.4) is 0 Å². The lowest BCUT2D eigenvalue weighted by Gasteiger charge is -2.39. The van der Waals surface area contributed by atoms with Crippen LogP contribution in [0.2, 0.25) is 0 Å². The van der Waals surface area contributed by atoms with E-state index in [1.807, 2.05) is 6.07 Å². The highest BCUT2D eigenvalue weighted by molar-refractivity contribution is 9.09. The molecule has 106 valence electrons. The summed E-state index contributed by atoms with van der Waals surface area (Å²) in [4.78, 5) is 2.37. The number of alkyl halides is 1. The van der Waals surface area contributed by atoms with Crippen LogP contribution in [0.4, 0.5) is 5.69 Å². The highest BCUT2D eigenvalue weighted by Gasteiger charge is 2.32. The molecule has 0 saturated heterocycles. The molecule has 0 amide bonds. The lowest BCUT2D eigenvalue weighted by Crippen LogP contribution is -2.38. The van der Waals surface area contributed by atoms with Crippen LogP contribution >= 0.6 is 15.9 Å². The van der Waals surface area contributed by atoms with E-state index >= 15 is 0 Å². The first kappa shape index (κ1) is 14.7. The highest BCUT2D eigenvalue weighted by Crippen LogP contribution is 2.39. The minimum Gasteiger partial charge on any atom is -0.497 e. The summed E-state index contributed by atoms with van der Waals surface area (Å²) in [5, 5.41) is 1.11. The molecule has 0 aliphatic heterocycles. The van der Waals surface area contributed by atoms with Gasteiger partial charge in [0.15, 0.2) is 0 Å². The lowest BCUT2D eigenvalue weighted by atomic mass is 9.75. The molecule has 3 heteroatoms. The first-order chi connectivity index (χ1) is 9.19. The first-order valence-electron chi connectivity index (χ1n) is 7.10. The third-order valence-corrected chi connectivity index (χ3v) is 5.45. The van der Waals surface area contributed by atoms with E-state index in [0.29, 0.717) is 5.41 Å². The summed E-state index contributed by atoms with van der Waals surface area (Å²) in [6.07, 6.45) is 6.83. The SMILES string of the molecule is COc1cccc(N(C)CC2(CBr)CCCCC2)c1. The number of hydrogen-bond donors (Lipinski definition) is 0. The van der Waals surface area contributed by atoms with E-state index in [0.717, 1.165) is 17.6 Å². The Morgan fingerprint density at radius 3 is 2.63 bits per heavy atom. The van der Waals surface area contributed by atoms with E-state index in [2.05, 4.69) is 46.1 Å². The number of benzene rings is 1. The topological polar surface area (TPSA) is 12.5 Å². The largest absolute Gasteiger partial charge is 0.497 e. The molecule has 1 aliphatic carbocycles. The highest BCUT2D eigenvalue weighted by atomic mass is 79.9. The van der Waals surface area contributed by atoms with Crippen LogP contribution in [0.5, 0.6) is 5.75 Å². The number of methoxy groups -OCH3 is 1. The smallest absolute Gasteiger partial charge is 0.120 e. The lowest BCUT2D eigenvalue weighted by molar-refractivity contribution is 0.232. The summed E-state index contributed by atoms with van der Waals surface area (Å²) in [6, 6.07) is 8.34. The Labute approximate surface area is 125 Å². The van der Waals surface area contributed by atoms with Gasteiger partial charge in [0.1, 0.15) is 5.75 Å². The van der Waals surface area contributed by atoms with Crippen molar-refractivity contribution in [3.05, 3.63) is 24.3 Å². The van der Waals surface area contributed by atoms with E-state index in [4.69, 9.17) is 4.74 Å².